The van der Waals surface area contributed by atoms with Crippen LogP contribution >= 0.6 is 11.3 Å². The number of amides is 1. The van der Waals surface area contributed by atoms with Gasteiger partial charge in [0.05, 0.1) is 11.1 Å². The van der Waals surface area contributed by atoms with Crippen molar-refractivity contribution in [3.63, 3.8) is 0 Å². The molecule has 4 saturated heterocycles. The predicted molar refractivity (Wildman–Crippen MR) is 342 cm³/mol. The molecule has 5 fully saturated rings. The van der Waals surface area contributed by atoms with Crippen LogP contribution in [0.25, 0.3) is 0 Å². The molecule has 9 rings (SSSR count). The first kappa shape index (κ1) is 78.3. The van der Waals surface area contributed by atoms with Crippen LogP contribution in [0.5, 0.6) is 0 Å². The van der Waals surface area contributed by atoms with E-state index in [-0.39, 0.29) is 5.91 Å². The number of pyridine rings is 1. The third kappa shape index (κ3) is 50.0. The second kappa shape index (κ2) is 58.4. The molecule has 1 aliphatic carbocycles. The number of thiazole rings is 1. The summed E-state index contributed by atoms with van der Waals surface area (Å²) in [5.41, 5.74) is 2.26. The molecule has 1 amide bonds. The third-order valence-corrected chi connectivity index (χ3v) is 14.8. The van der Waals surface area contributed by atoms with Gasteiger partial charge in [0.25, 0.3) is 0 Å². The van der Waals surface area contributed by atoms with Crippen LogP contribution < -0.4 is 5.32 Å². The minimum Gasteiger partial charge on any atom is -0.381 e. The maximum absolute atomic E-state index is 10.9. The van der Waals surface area contributed by atoms with Crippen LogP contribution in [0.15, 0.2) is 73.0 Å². The zero-order valence-electron chi connectivity index (χ0n) is 53.9. The van der Waals surface area contributed by atoms with Gasteiger partial charge in [0.2, 0.25) is 5.91 Å². The number of hydrogen-bond acceptors (Lipinski definition) is 13. The molecule has 80 heavy (non-hydrogen) atoms. The molecule has 8 heterocycles. The Morgan fingerprint density at radius 2 is 1.19 bits per heavy atom. The lowest BCUT2D eigenvalue weighted by Gasteiger charge is -2.30. The van der Waals surface area contributed by atoms with Gasteiger partial charge in [-0.1, -0.05) is 121 Å². The zero-order valence-corrected chi connectivity index (χ0v) is 54.8. The van der Waals surface area contributed by atoms with Gasteiger partial charge in [0.15, 0.2) is 0 Å². The van der Waals surface area contributed by atoms with E-state index in [4.69, 9.17) is 14.2 Å². The van der Waals surface area contributed by atoms with Crippen LogP contribution in [0, 0.1) is 23.7 Å². The highest BCUT2D eigenvalue weighted by molar-refractivity contribution is 7.09. The second-order valence-electron chi connectivity index (χ2n) is 20.8. The number of nitrogens with one attached hydrogen (secondary N) is 1. The van der Waals surface area contributed by atoms with Gasteiger partial charge in [-0.05, 0) is 166 Å². The van der Waals surface area contributed by atoms with E-state index in [1.165, 1.54) is 114 Å². The van der Waals surface area contributed by atoms with Crippen molar-refractivity contribution in [1.82, 2.24) is 45.0 Å². The Kier molecular flexibility index (Phi) is 57.2. The summed E-state index contributed by atoms with van der Waals surface area (Å²) in [6.07, 6.45) is 35.9. The van der Waals surface area contributed by atoms with E-state index in [2.05, 4.69) is 123 Å². The highest BCUT2D eigenvalue weighted by Gasteiger charge is 2.19. The van der Waals surface area contributed by atoms with Gasteiger partial charge in [-0.3, -0.25) is 9.78 Å². The fourth-order valence-electron chi connectivity index (χ4n) is 7.98. The number of hydrogen-bond donors (Lipinski definition) is 1. The molecule has 1 N–H and O–H groups in total. The first-order chi connectivity index (χ1) is 38.9. The third-order valence-electron chi connectivity index (χ3n) is 13.9. The number of ether oxygens (including phenoxy) is 3. The monoisotopic (exact) mass is 1140 g/mol. The van der Waals surface area contributed by atoms with Crippen LogP contribution in [-0.4, -0.2) is 132 Å². The fraction of sp³-hybridized carbons (Fsp3) is 0.742. The molecule has 14 heteroatoms. The quantitative estimate of drug-likeness (QED) is 0.136. The molecule has 4 aliphatic heterocycles. The Hall–Kier alpha value is -3.79. The molecular formula is C66H121N9O4S. The lowest BCUT2D eigenvalue weighted by molar-refractivity contribution is -0.130. The van der Waals surface area contributed by atoms with E-state index in [0.717, 1.165) is 119 Å². The van der Waals surface area contributed by atoms with Gasteiger partial charge >= 0.3 is 0 Å². The number of piperidine rings is 1. The van der Waals surface area contributed by atoms with Crippen LogP contribution in [0.2, 0.25) is 0 Å². The summed E-state index contributed by atoms with van der Waals surface area (Å²) in [5, 5.41) is 6.24. The van der Waals surface area contributed by atoms with Crippen molar-refractivity contribution in [3.05, 3.63) is 95.2 Å². The van der Waals surface area contributed by atoms with Gasteiger partial charge in [0.1, 0.15) is 12.2 Å². The Morgan fingerprint density at radius 3 is 1.46 bits per heavy atom. The van der Waals surface area contributed by atoms with Crippen molar-refractivity contribution < 1.29 is 19.0 Å². The standard InChI is InChI=1S/C9H17NO.C7H9N.C7H14O.2C6H8N2.2C6H12O.C5H7NS.C5H13N.C5H10.C4H11N/c1-3-9-4-6-10(7-5-9)8(2)11;1-2-7-5-3-4-6-8-7;1-2-7-3-5-8-6-4-7;1-2-6-3-4-7-5-8-6;1-2-6-7-4-3-5-8-6;1-2-6-3-4-7-5-6;1-2-6-4-3-5-7-6;1-2-5-6-3-4-7-5;1-4-5-6(2)3;1-2-5-3-4-5;1-3-4-5-2/h9H,3-7H2,1-2H3;3-6H,2H2,1H3;7H,2-6H2,1H3;2*3-5H,2H2,1H3;2*6H,2-5H2,1H3;3-4H,2H2,1H3;4-5H2,1-3H3;5H,2-4H2,1H3;5H,3-4H2,1-2H3. The van der Waals surface area contributed by atoms with Crippen molar-refractivity contribution in [3.8, 4) is 0 Å². The van der Waals surface area contributed by atoms with Crippen molar-refractivity contribution in [1.29, 1.82) is 0 Å². The molecule has 0 aromatic carbocycles. The molecule has 13 nitrogen and oxygen atoms in total. The van der Waals surface area contributed by atoms with E-state index in [1.807, 2.05) is 67.0 Å². The number of aryl methyl sites for hydroxylation is 4. The molecule has 4 aromatic heterocycles. The van der Waals surface area contributed by atoms with Crippen LogP contribution in [0.4, 0.5) is 0 Å². The summed E-state index contributed by atoms with van der Waals surface area (Å²) in [5.74, 6) is 4.98. The van der Waals surface area contributed by atoms with Crippen LogP contribution in [0.3, 0.4) is 0 Å². The SMILES string of the molecule is CCC1CC1.CCC1CCCO1.CCC1CCN(C(C)=O)CC1.CCC1CCOC1.CCC1CCOCC1.CCCN(C)C.CCCNC.CCc1ccccn1.CCc1ccncn1.CCc1ncccn1.CCc1nccs1. The number of aromatic nitrogens is 6. The second-order valence-corrected chi connectivity index (χ2v) is 21.8. The molecule has 0 spiro atoms. The van der Waals surface area contributed by atoms with E-state index in [1.54, 1.807) is 43.2 Å². The van der Waals surface area contributed by atoms with E-state index in [9.17, 15) is 4.79 Å². The van der Waals surface area contributed by atoms with Crippen LogP contribution in [-0.2, 0) is 44.7 Å². The van der Waals surface area contributed by atoms with Crippen molar-refractivity contribution in [2.24, 2.45) is 23.7 Å². The Bertz CT molecular complexity index is 1680. The summed E-state index contributed by atoms with van der Waals surface area (Å²) >= 11 is 1.71. The minimum atomic E-state index is 0.236. The summed E-state index contributed by atoms with van der Waals surface area (Å²) < 4.78 is 15.7. The minimum absolute atomic E-state index is 0.236. The van der Waals surface area contributed by atoms with Gasteiger partial charge in [-0.2, -0.15) is 0 Å². The van der Waals surface area contributed by atoms with E-state index < -0.39 is 0 Å². The molecule has 460 valence electrons. The normalized spacial score (nSPS) is 16.9. The van der Waals surface area contributed by atoms with Gasteiger partial charge in [-0.25, -0.2) is 24.9 Å². The van der Waals surface area contributed by atoms with Crippen LogP contribution in [0.1, 0.15) is 208 Å². The molecule has 1 saturated carbocycles. The zero-order chi connectivity index (χ0) is 59.7. The molecular weight excluding hydrogens is 1010 g/mol. The summed E-state index contributed by atoms with van der Waals surface area (Å²) in [4.78, 5) is 38.9. The maximum atomic E-state index is 10.9. The summed E-state index contributed by atoms with van der Waals surface area (Å²) in [6.45, 7) is 34.8. The van der Waals surface area contributed by atoms with Crippen molar-refractivity contribution >= 4 is 17.2 Å². The lowest BCUT2D eigenvalue weighted by Crippen LogP contribution is -2.36. The number of carbonyl (C=O) groups excluding carboxylic acids is 1. The van der Waals surface area contributed by atoms with Crippen molar-refractivity contribution in [2.75, 3.05) is 80.4 Å². The Labute approximate surface area is 495 Å². The fourth-order valence-corrected chi connectivity index (χ4v) is 8.55. The predicted octanol–water partition coefficient (Wildman–Crippen LogP) is 15.3. The number of nitrogens with zero attached hydrogens (tertiary/aromatic N) is 8. The average Bonchev–Trinajstić information content (AvgIpc) is 3.88. The van der Waals surface area contributed by atoms with E-state index >= 15 is 0 Å². The lowest BCUT2D eigenvalue weighted by atomic mass is 9.94. The van der Waals surface area contributed by atoms with Gasteiger partial charge in [0, 0.05) is 107 Å². The molecule has 5 aliphatic rings. The molecule has 2 atom stereocenters. The highest BCUT2D eigenvalue weighted by atomic mass is 32.1. The topological polar surface area (TPSA) is 141 Å². The summed E-state index contributed by atoms with van der Waals surface area (Å²) in [7, 11) is 6.14. The maximum Gasteiger partial charge on any atom is 0.219 e. The molecule has 4 aromatic rings. The Balaban J connectivity index is 0. The first-order valence-corrected chi connectivity index (χ1v) is 32.4. The van der Waals surface area contributed by atoms with E-state index in [0.29, 0.717) is 6.10 Å². The summed E-state index contributed by atoms with van der Waals surface area (Å²) in [6, 6.07) is 9.70. The van der Waals surface area contributed by atoms with Crippen molar-refractivity contribution in [2.45, 2.75) is 218 Å². The molecule has 0 radical (unpaired) electrons. The number of rotatable bonds is 13. The molecule has 0 bridgehead atoms. The highest BCUT2D eigenvalue weighted by Crippen LogP contribution is 2.31. The number of carbonyl (C=O) groups is 1. The largest absolute Gasteiger partial charge is 0.381 e. The molecule has 2 unspecified atom stereocenters. The van der Waals surface area contributed by atoms with Gasteiger partial charge in [-0.15, -0.1) is 11.3 Å². The first-order valence-electron chi connectivity index (χ1n) is 31.5. The van der Waals surface area contributed by atoms with Gasteiger partial charge < -0.3 is 29.3 Å². The average molecular weight is 1140 g/mol. The smallest absolute Gasteiger partial charge is 0.219 e. The number of likely N-dealkylation sites (tertiary alicyclic amines) is 1. The Morgan fingerprint density at radius 1 is 0.600 bits per heavy atom.